The lowest BCUT2D eigenvalue weighted by molar-refractivity contribution is 0.247. The van der Waals surface area contributed by atoms with E-state index < -0.39 is 0 Å². The minimum atomic E-state index is 0.0107. The summed E-state index contributed by atoms with van der Waals surface area (Å²) >= 11 is 0. The number of imidazole rings is 1. The van der Waals surface area contributed by atoms with Crippen LogP contribution in [-0.2, 0) is 20.6 Å². The molecule has 1 aromatic heterocycles. The first-order valence-electron chi connectivity index (χ1n) is 9.63. The standard InChI is InChI=1S/C22H27N3O3/c1-23-18-9-7-15(12-19(18)24(2)22(23)26)14-25-11-5-6-17(25)16-8-10-20(27-3)21(13-16)28-4/h7-10,12-13,17H,5-6,11,14H2,1-4H3. The topological polar surface area (TPSA) is 48.6 Å². The average Bonchev–Trinajstić information content (AvgIpc) is 3.26. The molecule has 4 rings (SSSR count). The van der Waals surface area contributed by atoms with E-state index >= 15 is 0 Å². The first-order valence-corrected chi connectivity index (χ1v) is 9.63. The van der Waals surface area contributed by atoms with E-state index in [2.05, 4.69) is 29.2 Å². The van der Waals surface area contributed by atoms with Crippen molar-refractivity contribution in [2.24, 2.45) is 14.1 Å². The average molecular weight is 381 g/mol. The van der Waals surface area contributed by atoms with Gasteiger partial charge in [-0.3, -0.25) is 14.0 Å². The Morgan fingerprint density at radius 1 is 0.964 bits per heavy atom. The molecule has 1 saturated heterocycles. The molecule has 0 aliphatic carbocycles. The molecule has 0 saturated carbocycles. The third-order valence-corrected chi connectivity index (χ3v) is 5.88. The van der Waals surface area contributed by atoms with Gasteiger partial charge < -0.3 is 9.47 Å². The monoisotopic (exact) mass is 381 g/mol. The maximum atomic E-state index is 12.2. The Bertz CT molecular complexity index is 1070. The number of ether oxygens (including phenoxy) is 2. The number of nitrogens with zero attached hydrogens (tertiary/aromatic N) is 3. The highest BCUT2D eigenvalue weighted by Crippen LogP contribution is 2.37. The number of aromatic nitrogens is 2. The van der Waals surface area contributed by atoms with Crippen LogP contribution in [0.15, 0.2) is 41.2 Å². The lowest BCUT2D eigenvalue weighted by atomic mass is 10.0. The van der Waals surface area contributed by atoms with E-state index in [9.17, 15) is 4.79 Å². The smallest absolute Gasteiger partial charge is 0.328 e. The van der Waals surface area contributed by atoms with Crippen LogP contribution in [0.5, 0.6) is 11.5 Å². The first kappa shape index (κ1) is 18.6. The Labute approximate surface area is 164 Å². The van der Waals surface area contributed by atoms with Gasteiger partial charge in [0, 0.05) is 26.7 Å². The molecule has 1 atom stereocenters. The van der Waals surface area contributed by atoms with Crippen LogP contribution < -0.4 is 15.2 Å². The quantitative estimate of drug-likeness (QED) is 0.681. The van der Waals surface area contributed by atoms with Crippen LogP contribution in [0.3, 0.4) is 0 Å². The van der Waals surface area contributed by atoms with Gasteiger partial charge in [0.25, 0.3) is 0 Å². The van der Waals surface area contributed by atoms with Crippen LogP contribution in [0.25, 0.3) is 11.0 Å². The highest BCUT2D eigenvalue weighted by atomic mass is 16.5. The van der Waals surface area contributed by atoms with Gasteiger partial charge >= 0.3 is 5.69 Å². The number of rotatable bonds is 5. The van der Waals surface area contributed by atoms with E-state index in [0.29, 0.717) is 6.04 Å². The van der Waals surface area contributed by atoms with Gasteiger partial charge in [-0.05, 0) is 54.8 Å². The van der Waals surface area contributed by atoms with Crippen LogP contribution in [0.4, 0.5) is 0 Å². The zero-order valence-corrected chi connectivity index (χ0v) is 16.9. The predicted molar refractivity (Wildman–Crippen MR) is 110 cm³/mol. The minimum absolute atomic E-state index is 0.0107. The van der Waals surface area contributed by atoms with Crippen molar-refractivity contribution >= 4 is 11.0 Å². The SMILES string of the molecule is COc1ccc(C2CCCN2Cc2ccc3c(c2)n(C)c(=O)n3C)cc1OC. The van der Waals surface area contributed by atoms with Crippen molar-refractivity contribution in [1.29, 1.82) is 0 Å². The largest absolute Gasteiger partial charge is 0.493 e. The Morgan fingerprint density at radius 2 is 1.71 bits per heavy atom. The van der Waals surface area contributed by atoms with Gasteiger partial charge in [0.15, 0.2) is 11.5 Å². The van der Waals surface area contributed by atoms with E-state index in [1.54, 1.807) is 23.4 Å². The molecule has 148 valence electrons. The summed E-state index contributed by atoms with van der Waals surface area (Å²) in [7, 11) is 6.98. The van der Waals surface area contributed by atoms with Crippen molar-refractivity contribution < 1.29 is 9.47 Å². The number of aryl methyl sites for hydroxylation is 2. The van der Waals surface area contributed by atoms with Crippen molar-refractivity contribution in [2.45, 2.75) is 25.4 Å². The number of benzene rings is 2. The molecule has 0 bridgehead atoms. The molecule has 2 heterocycles. The van der Waals surface area contributed by atoms with Gasteiger partial charge in [0.1, 0.15) is 0 Å². The summed E-state index contributed by atoms with van der Waals surface area (Å²) in [6.07, 6.45) is 2.30. The maximum Gasteiger partial charge on any atom is 0.328 e. The molecule has 1 unspecified atom stereocenters. The fraction of sp³-hybridized carbons (Fsp3) is 0.409. The van der Waals surface area contributed by atoms with Crippen LogP contribution in [0, 0.1) is 0 Å². The number of likely N-dealkylation sites (tertiary alicyclic amines) is 1. The van der Waals surface area contributed by atoms with E-state index in [-0.39, 0.29) is 5.69 Å². The van der Waals surface area contributed by atoms with E-state index in [1.807, 2.05) is 26.2 Å². The number of fused-ring (bicyclic) bond motifs is 1. The third-order valence-electron chi connectivity index (χ3n) is 5.88. The Hall–Kier alpha value is -2.73. The molecule has 0 N–H and O–H groups in total. The second-order valence-electron chi connectivity index (χ2n) is 7.47. The number of hydrogen-bond donors (Lipinski definition) is 0. The highest BCUT2D eigenvalue weighted by Gasteiger charge is 2.27. The molecule has 3 aromatic rings. The van der Waals surface area contributed by atoms with E-state index in [4.69, 9.17) is 9.47 Å². The summed E-state index contributed by atoms with van der Waals surface area (Å²) in [6, 6.07) is 12.9. The summed E-state index contributed by atoms with van der Waals surface area (Å²) in [5.74, 6) is 1.53. The number of hydrogen-bond acceptors (Lipinski definition) is 4. The molecule has 0 spiro atoms. The molecule has 1 aliphatic rings. The maximum absolute atomic E-state index is 12.2. The molecule has 1 aliphatic heterocycles. The fourth-order valence-corrected chi connectivity index (χ4v) is 4.34. The van der Waals surface area contributed by atoms with Gasteiger partial charge in [0.2, 0.25) is 0 Å². The Morgan fingerprint density at radius 3 is 2.46 bits per heavy atom. The van der Waals surface area contributed by atoms with Crippen LogP contribution in [-0.4, -0.2) is 34.8 Å². The Balaban J connectivity index is 1.62. The molecular weight excluding hydrogens is 354 g/mol. The second-order valence-corrected chi connectivity index (χ2v) is 7.47. The van der Waals surface area contributed by atoms with Gasteiger partial charge in [-0.1, -0.05) is 12.1 Å². The zero-order chi connectivity index (χ0) is 19.8. The molecular formula is C22H27N3O3. The molecule has 6 heteroatoms. The predicted octanol–water partition coefficient (Wildman–Crippen LogP) is 3.23. The van der Waals surface area contributed by atoms with E-state index in [1.165, 1.54) is 17.5 Å². The molecule has 6 nitrogen and oxygen atoms in total. The van der Waals surface area contributed by atoms with Gasteiger partial charge in [-0.25, -0.2) is 4.79 Å². The first-order chi connectivity index (χ1) is 13.5. The molecule has 28 heavy (non-hydrogen) atoms. The van der Waals surface area contributed by atoms with Crippen LogP contribution in [0.1, 0.15) is 30.0 Å². The summed E-state index contributed by atoms with van der Waals surface area (Å²) < 4.78 is 14.3. The van der Waals surface area contributed by atoms with Crippen molar-refractivity contribution in [3.05, 3.63) is 58.0 Å². The molecule has 0 amide bonds. The summed E-state index contributed by atoms with van der Waals surface area (Å²) in [6.45, 7) is 1.92. The summed E-state index contributed by atoms with van der Waals surface area (Å²) in [4.78, 5) is 14.7. The summed E-state index contributed by atoms with van der Waals surface area (Å²) in [5, 5.41) is 0. The van der Waals surface area contributed by atoms with E-state index in [0.717, 1.165) is 42.0 Å². The fourth-order valence-electron chi connectivity index (χ4n) is 4.34. The highest BCUT2D eigenvalue weighted by molar-refractivity contribution is 5.76. The molecule has 1 fully saturated rings. The van der Waals surface area contributed by atoms with Crippen molar-refractivity contribution in [3.8, 4) is 11.5 Å². The second kappa shape index (κ2) is 7.36. The number of methoxy groups -OCH3 is 2. The lowest BCUT2D eigenvalue weighted by Crippen LogP contribution is -2.22. The van der Waals surface area contributed by atoms with Crippen molar-refractivity contribution in [3.63, 3.8) is 0 Å². The van der Waals surface area contributed by atoms with Crippen molar-refractivity contribution in [1.82, 2.24) is 14.0 Å². The lowest BCUT2D eigenvalue weighted by Gasteiger charge is -2.25. The van der Waals surface area contributed by atoms with Gasteiger partial charge in [-0.15, -0.1) is 0 Å². The Kier molecular flexibility index (Phi) is 4.89. The minimum Gasteiger partial charge on any atom is -0.493 e. The van der Waals surface area contributed by atoms with Crippen molar-refractivity contribution in [2.75, 3.05) is 20.8 Å². The van der Waals surface area contributed by atoms with Gasteiger partial charge in [0.05, 0.1) is 25.3 Å². The van der Waals surface area contributed by atoms with Gasteiger partial charge in [-0.2, -0.15) is 0 Å². The third kappa shape index (κ3) is 3.07. The molecule has 2 aromatic carbocycles. The zero-order valence-electron chi connectivity index (χ0n) is 16.9. The summed E-state index contributed by atoms with van der Waals surface area (Å²) in [5.41, 5.74) is 4.43. The van der Waals surface area contributed by atoms with Crippen LogP contribution in [0.2, 0.25) is 0 Å². The molecule has 0 radical (unpaired) electrons. The normalized spacial score (nSPS) is 17.4. The van der Waals surface area contributed by atoms with Crippen LogP contribution >= 0.6 is 0 Å².